The Balaban J connectivity index is 1.43. The van der Waals surface area contributed by atoms with E-state index in [1.165, 1.54) is 0 Å². The Kier molecular flexibility index (Phi) is 39.7. The molecule has 109 heavy (non-hydrogen) atoms. The summed E-state index contributed by atoms with van der Waals surface area (Å²) in [6.45, 7) is -6.82. The number of nitrogens with one attached hydrogen (secondary N) is 15. The Morgan fingerprint density at radius 3 is 1.70 bits per heavy atom. The van der Waals surface area contributed by atoms with Gasteiger partial charge in [0.15, 0.2) is 12.2 Å². The minimum Gasteiger partial charge on any atom is -0.481 e. The van der Waals surface area contributed by atoms with Crippen molar-refractivity contribution in [1.29, 1.82) is 0 Å². The number of amides is 15. The third kappa shape index (κ3) is 30.3. The number of carbonyl (C=O) groups excluding carboxylic acids is 16. The van der Waals surface area contributed by atoms with Gasteiger partial charge in [0.1, 0.15) is 54.4 Å². The number of nitrogens with two attached hydrogens (primary N) is 1. The zero-order chi connectivity index (χ0) is 81.0. The Bertz CT molecular complexity index is 3180. The second kappa shape index (κ2) is 47.2. The third-order valence-corrected chi connectivity index (χ3v) is 18.6. The summed E-state index contributed by atoms with van der Waals surface area (Å²) in [7, 11) is 0. The molecule has 4 rings (SSSR count). The number of quaternary nitrogens is 1. The molecule has 0 aromatic heterocycles. The van der Waals surface area contributed by atoms with Gasteiger partial charge in [0.25, 0.3) is 5.91 Å². The van der Waals surface area contributed by atoms with E-state index in [0.29, 0.717) is 11.3 Å². The van der Waals surface area contributed by atoms with Crippen LogP contribution < -0.4 is 85.1 Å². The first-order valence-electron chi connectivity index (χ1n) is 35.6. The van der Waals surface area contributed by atoms with Crippen LogP contribution in [-0.2, 0) is 86.3 Å². The number of ketones is 1. The number of carboxylic acid groups (broad SMARTS) is 2. The molecule has 17 unspecified atom stereocenters. The van der Waals surface area contributed by atoms with Gasteiger partial charge in [0, 0.05) is 64.2 Å². The molecule has 3 aliphatic heterocycles. The van der Waals surface area contributed by atoms with Gasteiger partial charge in [0.2, 0.25) is 89.5 Å². The van der Waals surface area contributed by atoms with Crippen molar-refractivity contribution in [2.24, 2.45) is 11.7 Å². The first-order valence-corrected chi connectivity index (χ1v) is 35.6. The lowest BCUT2D eigenvalue weighted by Gasteiger charge is -2.54. The van der Waals surface area contributed by atoms with Crippen molar-refractivity contribution in [3.05, 3.63) is 0 Å². The second-order valence-electron chi connectivity index (χ2n) is 26.5. The van der Waals surface area contributed by atoms with Crippen LogP contribution in [0.1, 0.15) is 116 Å². The Morgan fingerprint density at radius 2 is 1.09 bits per heavy atom. The number of unbranched alkanes of at least 4 members (excludes halogenated alkanes) is 1. The number of carboxylic acids is 2. The fourth-order valence-electron chi connectivity index (χ4n) is 12.8. The zero-order valence-electron chi connectivity index (χ0n) is 59.7. The topological polar surface area (TPSA) is 715 Å². The number of hydroxylamine groups is 4. The molecule has 0 spiro atoms. The smallest absolute Gasteiger partial charge is 0.372 e. The molecule has 0 radical (unpaired) electrons. The largest absolute Gasteiger partial charge is 0.481 e. The molecule has 4 fully saturated rings. The van der Waals surface area contributed by atoms with E-state index >= 15 is 0 Å². The van der Waals surface area contributed by atoms with Crippen molar-refractivity contribution in [1.82, 2.24) is 84.6 Å². The zero-order valence-corrected chi connectivity index (χ0v) is 59.7. The van der Waals surface area contributed by atoms with Crippen LogP contribution in [0, 0.1) is 5.92 Å². The number of piperidine rings is 1. The number of aliphatic carboxylic acids is 2. The maximum atomic E-state index is 14.4. The molecule has 3 heterocycles. The van der Waals surface area contributed by atoms with Gasteiger partial charge in [-0.05, 0) is 90.0 Å². The summed E-state index contributed by atoms with van der Waals surface area (Å²) in [5.41, 5.74) is 5.70. The number of Topliss-reactive ketones (excluding diaryl/α,β-unsaturated/α-hetero) is 1. The SMILES string of the molecule is NCCCCC(NC(=O)C(CO)NC(=O)C1CCNC2C(NC(=O)CCC(=O)C(=O)O)CC3CC(O)C(O)CC3[NH+]12)C(=O)NCC(=O)NC(CCCN(O)C=O)C(=O)NC(CO)C(=O)NC(CO)C(=O)NCC(=O)NC1CCCCNC(=O)C(CO)NC(=O)C(CCC(=O)O)NC(=O)C(CCCN(O)C=O)NC1=O. The highest BCUT2D eigenvalue weighted by Gasteiger charge is 2.56. The number of rotatable bonds is 42. The van der Waals surface area contributed by atoms with Crippen LogP contribution in [0.2, 0.25) is 0 Å². The minimum absolute atomic E-state index is 0.0219. The molecule has 15 amide bonds. The molecule has 17 atom stereocenters. The molecule has 46 nitrogen and oxygen atoms in total. The average molecular weight is 1560 g/mol. The van der Waals surface area contributed by atoms with Crippen molar-refractivity contribution in [3.8, 4) is 0 Å². The monoisotopic (exact) mass is 1560 g/mol. The van der Waals surface area contributed by atoms with Crippen LogP contribution in [0.4, 0.5) is 0 Å². The Morgan fingerprint density at radius 1 is 0.550 bits per heavy atom. The average Bonchev–Trinajstić information content (AvgIpc) is 0.748. The predicted molar refractivity (Wildman–Crippen MR) is 364 cm³/mol. The van der Waals surface area contributed by atoms with E-state index in [0.717, 1.165) is 0 Å². The van der Waals surface area contributed by atoms with E-state index in [9.17, 15) is 132 Å². The molecule has 4 aliphatic rings. The van der Waals surface area contributed by atoms with Crippen LogP contribution in [0.5, 0.6) is 0 Å². The molecular formula is C63H103N18O28+. The first kappa shape index (κ1) is 91.6. The molecule has 0 aromatic carbocycles. The van der Waals surface area contributed by atoms with Gasteiger partial charge >= 0.3 is 11.9 Å². The molecule has 612 valence electrons. The Hall–Kier alpha value is -9.78. The van der Waals surface area contributed by atoms with Gasteiger partial charge < -0.3 is 121 Å². The summed E-state index contributed by atoms with van der Waals surface area (Å²) in [5, 5.41) is 134. The summed E-state index contributed by atoms with van der Waals surface area (Å²) in [4.78, 5) is 234. The molecule has 1 saturated carbocycles. The number of hydrogen-bond acceptors (Lipinski definition) is 28. The quantitative estimate of drug-likeness (QED) is 0.00887. The van der Waals surface area contributed by atoms with Gasteiger partial charge in [-0.2, -0.15) is 0 Å². The summed E-state index contributed by atoms with van der Waals surface area (Å²) < 4.78 is 0. The lowest BCUT2D eigenvalue weighted by atomic mass is 9.72. The Labute approximate surface area is 622 Å². The fourth-order valence-corrected chi connectivity index (χ4v) is 12.8. The number of nitrogens with zero attached hydrogens (tertiary/aromatic N) is 2. The van der Waals surface area contributed by atoms with Gasteiger partial charge in [-0.3, -0.25) is 97.2 Å². The summed E-state index contributed by atoms with van der Waals surface area (Å²) in [5.74, 6) is -18.3. The summed E-state index contributed by atoms with van der Waals surface area (Å²) >= 11 is 0. The van der Waals surface area contributed by atoms with Gasteiger partial charge in [-0.1, -0.05) is 0 Å². The van der Waals surface area contributed by atoms with E-state index in [-0.39, 0.29) is 132 Å². The van der Waals surface area contributed by atoms with Crippen molar-refractivity contribution >= 4 is 107 Å². The molecule has 0 bridgehead atoms. The van der Waals surface area contributed by atoms with Crippen molar-refractivity contribution in [3.63, 3.8) is 0 Å². The standard InChI is InChI=1S/C63H102N18O28/c64-16-3-1-7-33(72-60(103)42(29-85)78-62(105)43-15-18-65-52-38(71-48(91)13-12-45(88)63(106)107)21-32-22-46(89)47(90)23-44(32)81(43)52)53(96)67-24-49(92)70-35(9-5-19-79(108)30-86)57(100)77-41(28-84)61(104)76-40(27-83)55(98)68-25-50(93)69-34-8-2-4-17-66-54(97)39(26-82)75-59(102)37(11-14-51(94)95)74-58(101)36(73-56(34)99)10-6-20-80(109)31-87/h30-44,46-47,52,65,82-85,89-90,108-109H,1-29,64H2,(H,66,97)(H,67,96)(H,68,98)(H,69,93)(H,70,92)(H,71,91)(H,72,103)(H,73,99)(H,74,101)(H,75,102)(H,76,104)(H,77,100)(H,78,105)(H,94,95)(H,106,107)/p+1. The number of aliphatic hydroxyl groups excluding tert-OH is 6. The number of hydrogen-bond donors (Lipinski definition) is 26. The highest BCUT2D eigenvalue weighted by Crippen LogP contribution is 2.32. The highest BCUT2D eigenvalue weighted by atomic mass is 16.5. The predicted octanol–water partition coefficient (Wildman–Crippen LogP) is -14.5. The van der Waals surface area contributed by atoms with E-state index in [2.05, 4.69) is 74.4 Å². The number of carbonyl (C=O) groups is 18. The lowest BCUT2D eigenvalue weighted by Crippen LogP contribution is -3.29. The van der Waals surface area contributed by atoms with Crippen molar-refractivity contribution < 1.29 is 142 Å². The maximum Gasteiger partial charge on any atom is 0.372 e. The van der Waals surface area contributed by atoms with Crippen LogP contribution >= 0.6 is 0 Å². The molecule has 27 N–H and O–H groups in total. The highest BCUT2D eigenvalue weighted by molar-refractivity contribution is 6.32. The van der Waals surface area contributed by atoms with Gasteiger partial charge in [-0.25, -0.2) is 14.9 Å². The normalized spacial score (nSPS) is 24.4. The van der Waals surface area contributed by atoms with E-state index in [4.69, 9.17) is 10.8 Å². The van der Waals surface area contributed by atoms with Crippen LogP contribution in [-0.4, -0.2) is 332 Å². The summed E-state index contributed by atoms with van der Waals surface area (Å²) in [6, 6.07) is -17.4. The molecule has 1 aliphatic carbocycles. The first-order chi connectivity index (χ1) is 51.8. The molecule has 46 heteroatoms. The third-order valence-electron chi connectivity index (χ3n) is 18.6. The fraction of sp³-hybridized carbons (Fsp3) is 0.714. The molecule has 0 aromatic rings. The minimum atomic E-state index is -1.98. The maximum absolute atomic E-state index is 14.4. The van der Waals surface area contributed by atoms with Gasteiger partial charge in [0.05, 0.1) is 63.8 Å². The number of fused-ring (bicyclic) bond motifs is 3. The van der Waals surface area contributed by atoms with E-state index in [1.54, 1.807) is 0 Å². The van der Waals surface area contributed by atoms with Crippen molar-refractivity contribution in [2.75, 3.05) is 72.2 Å². The van der Waals surface area contributed by atoms with Crippen LogP contribution in [0.15, 0.2) is 0 Å². The van der Waals surface area contributed by atoms with Crippen LogP contribution in [0.25, 0.3) is 0 Å². The molecule has 3 saturated heterocycles. The van der Waals surface area contributed by atoms with E-state index in [1.807, 2.05) is 0 Å². The van der Waals surface area contributed by atoms with Gasteiger partial charge in [-0.15, -0.1) is 0 Å². The molecular weight excluding hydrogens is 1460 g/mol. The number of aliphatic hydroxyl groups is 6. The lowest BCUT2D eigenvalue weighted by molar-refractivity contribution is -0.983. The van der Waals surface area contributed by atoms with Crippen molar-refractivity contribution in [2.45, 2.75) is 206 Å². The van der Waals surface area contributed by atoms with E-state index < -0.39 is 264 Å². The summed E-state index contributed by atoms with van der Waals surface area (Å²) in [6.07, 6.45) is -5.60. The second-order valence-corrected chi connectivity index (χ2v) is 26.5. The van der Waals surface area contributed by atoms with Crippen LogP contribution in [0.3, 0.4) is 0 Å².